The molecule has 3 aromatic rings. The number of piperazine rings is 1. The molecule has 2 amide bonds. The van der Waals surface area contributed by atoms with Gasteiger partial charge in [-0.05, 0) is 61.8 Å². The van der Waals surface area contributed by atoms with Crippen LogP contribution < -0.4 is 15.8 Å². The number of rotatable bonds is 3. The fraction of sp³-hybridized carbons (Fsp3) is 0.500. The van der Waals surface area contributed by atoms with E-state index in [-0.39, 0.29) is 59.7 Å². The maximum absolute atomic E-state index is 13.8. The molecule has 12 nitrogen and oxygen atoms in total. The lowest BCUT2D eigenvalue weighted by Gasteiger charge is -2.39. The van der Waals surface area contributed by atoms with Gasteiger partial charge in [0.25, 0.3) is 5.56 Å². The third-order valence-electron chi connectivity index (χ3n) is 6.98. The summed E-state index contributed by atoms with van der Waals surface area (Å²) in [4.78, 5) is 47.7. The van der Waals surface area contributed by atoms with Crippen LogP contribution in [0.25, 0.3) is 5.78 Å². The molecule has 4 heterocycles. The van der Waals surface area contributed by atoms with Gasteiger partial charge < -0.3 is 24.6 Å². The summed E-state index contributed by atoms with van der Waals surface area (Å²) in [7, 11) is 0. The zero-order valence-corrected chi connectivity index (χ0v) is 25.9. The fourth-order valence-electron chi connectivity index (χ4n) is 5.03. The van der Waals surface area contributed by atoms with Crippen LogP contribution in [0, 0.1) is 0 Å². The van der Waals surface area contributed by atoms with Gasteiger partial charge in [0.15, 0.2) is 0 Å². The van der Waals surface area contributed by atoms with Crippen LogP contribution in [0.3, 0.4) is 0 Å². The van der Waals surface area contributed by atoms with E-state index >= 15 is 0 Å². The third-order valence-corrected chi connectivity index (χ3v) is 7.63. The molecule has 2 aliphatic heterocycles. The smallest absolute Gasteiger partial charge is 0.416 e. The molecule has 2 aliphatic rings. The van der Waals surface area contributed by atoms with Crippen LogP contribution in [0.1, 0.15) is 51.1 Å². The van der Waals surface area contributed by atoms with E-state index < -0.39 is 47.0 Å². The zero-order chi connectivity index (χ0) is 31.4. The average Bonchev–Trinajstić information content (AvgIpc) is 3.31. The summed E-state index contributed by atoms with van der Waals surface area (Å²) in [5, 5.41) is 6.47. The van der Waals surface area contributed by atoms with Crippen molar-refractivity contribution in [1.29, 1.82) is 0 Å². The number of halogens is 5. The molecule has 1 saturated heterocycles. The van der Waals surface area contributed by atoms with Gasteiger partial charge >= 0.3 is 12.3 Å². The lowest BCUT2D eigenvalue weighted by molar-refractivity contribution is -0.137. The third kappa shape index (κ3) is 6.17. The SMILES string of the molecule is CC1OCC(C(=O)Nc2ccc(C(F)(F)F)cc2Cl)n2c1c(N1CCN(C(=O)OC(C)(C)C)CC1)c(=O)n1nc(Br)nc21. The van der Waals surface area contributed by atoms with E-state index in [1.165, 1.54) is 0 Å². The topological polar surface area (TPSA) is 123 Å². The van der Waals surface area contributed by atoms with Crippen molar-refractivity contribution in [3.63, 3.8) is 0 Å². The Balaban J connectivity index is 1.51. The molecule has 0 radical (unpaired) electrons. The minimum absolute atomic E-state index is 0.0296. The number of alkyl halides is 3. The molecule has 232 valence electrons. The molecule has 2 unspecified atom stereocenters. The van der Waals surface area contributed by atoms with Crippen LogP contribution in [0.4, 0.5) is 29.3 Å². The van der Waals surface area contributed by atoms with Crippen molar-refractivity contribution in [2.24, 2.45) is 0 Å². The van der Waals surface area contributed by atoms with Gasteiger partial charge in [-0.25, -0.2) is 4.79 Å². The fourth-order valence-corrected chi connectivity index (χ4v) is 5.57. The van der Waals surface area contributed by atoms with Crippen LogP contribution in [-0.2, 0) is 20.4 Å². The molecule has 17 heteroatoms. The molecule has 1 fully saturated rings. The number of carbonyl (C=O) groups excluding carboxylic acids is 2. The first-order valence-electron chi connectivity index (χ1n) is 13.3. The number of fused-ring (bicyclic) bond motifs is 3. The van der Waals surface area contributed by atoms with Crippen molar-refractivity contribution in [1.82, 2.24) is 24.1 Å². The predicted octanol–water partition coefficient (Wildman–Crippen LogP) is 4.65. The van der Waals surface area contributed by atoms with Gasteiger partial charge in [-0.3, -0.25) is 14.2 Å². The number of anilines is 2. The highest BCUT2D eigenvalue weighted by molar-refractivity contribution is 9.10. The van der Waals surface area contributed by atoms with Crippen LogP contribution >= 0.6 is 27.5 Å². The highest BCUT2D eigenvalue weighted by atomic mass is 79.9. The number of aromatic nitrogens is 4. The van der Waals surface area contributed by atoms with Gasteiger partial charge in [-0.15, -0.1) is 5.10 Å². The van der Waals surface area contributed by atoms with Crippen LogP contribution in [0.15, 0.2) is 27.7 Å². The molecule has 5 rings (SSSR count). The summed E-state index contributed by atoms with van der Waals surface area (Å²) in [6.45, 7) is 8.05. The summed E-state index contributed by atoms with van der Waals surface area (Å²) in [5.41, 5.74) is -1.55. The standard InChI is InChI=1S/C26H28BrClF3N7O5/c1-13-18-19(35-7-9-36(10-8-35)24(41)43-25(2,3)4)21(40)38-23(33-22(27)34-38)37(18)17(12-42-13)20(39)32-16-6-5-14(11-15(16)28)26(29,30)31/h5-6,11,13,17H,7-10,12H2,1-4H3,(H,32,39). The maximum atomic E-state index is 13.8. The van der Waals surface area contributed by atoms with Crippen LogP contribution in [-0.4, -0.2) is 74.5 Å². The largest absolute Gasteiger partial charge is 0.444 e. The van der Waals surface area contributed by atoms with Gasteiger partial charge in [-0.2, -0.15) is 22.7 Å². The van der Waals surface area contributed by atoms with Gasteiger partial charge in [0.1, 0.15) is 17.3 Å². The second kappa shape index (κ2) is 11.3. The van der Waals surface area contributed by atoms with Gasteiger partial charge in [0, 0.05) is 26.2 Å². The maximum Gasteiger partial charge on any atom is 0.416 e. The molecular weight excluding hydrogens is 663 g/mol. The number of hydrogen-bond donors (Lipinski definition) is 1. The Morgan fingerprint density at radius 3 is 2.44 bits per heavy atom. The van der Waals surface area contributed by atoms with Gasteiger partial charge in [0.2, 0.25) is 16.4 Å². The number of hydrogen-bond acceptors (Lipinski definition) is 8. The zero-order valence-electron chi connectivity index (χ0n) is 23.5. The summed E-state index contributed by atoms with van der Waals surface area (Å²) in [6, 6.07) is 1.52. The number of amides is 2. The molecule has 0 saturated carbocycles. The molecule has 2 atom stereocenters. The van der Waals surface area contributed by atoms with Crippen molar-refractivity contribution >= 4 is 56.7 Å². The molecule has 2 aromatic heterocycles. The minimum atomic E-state index is -4.61. The second-order valence-electron chi connectivity index (χ2n) is 11.1. The number of carbonyl (C=O) groups is 2. The van der Waals surface area contributed by atoms with Crippen molar-refractivity contribution in [2.75, 3.05) is 43.0 Å². The Bertz CT molecular complexity index is 1650. The molecular formula is C26H28BrClF3N7O5. The van der Waals surface area contributed by atoms with Crippen molar-refractivity contribution in [3.05, 3.63) is 49.6 Å². The Morgan fingerprint density at radius 2 is 1.84 bits per heavy atom. The number of ether oxygens (including phenoxy) is 2. The Morgan fingerprint density at radius 1 is 1.16 bits per heavy atom. The number of benzene rings is 1. The molecule has 0 aliphatic carbocycles. The van der Waals surface area contributed by atoms with Crippen LogP contribution in [0.2, 0.25) is 5.02 Å². The normalized spacial score (nSPS) is 19.4. The number of nitrogens with zero attached hydrogens (tertiary/aromatic N) is 6. The predicted molar refractivity (Wildman–Crippen MR) is 153 cm³/mol. The van der Waals surface area contributed by atoms with E-state index in [1.807, 2.05) is 0 Å². The molecule has 1 aromatic carbocycles. The quantitative estimate of drug-likeness (QED) is 0.422. The first-order valence-corrected chi connectivity index (χ1v) is 14.4. The lowest BCUT2D eigenvalue weighted by atomic mass is 10.1. The van der Waals surface area contributed by atoms with E-state index in [0.717, 1.165) is 22.7 Å². The highest BCUT2D eigenvalue weighted by Gasteiger charge is 2.39. The highest BCUT2D eigenvalue weighted by Crippen LogP contribution is 2.37. The second-order valence-corrected chi connectivity index (χ2v) is 12.2. The molecule has 0 bridgehead atoms. The van der Waals surface area contributed by atoms with Crippen LogP contribution in [0.5, 0.6) is 0 Å². The lowest BCUT2D eigenvalue weighted by Crippen LogP contribution is -2.52. The van der Waals surface area contributed by atoms with Gasteiger partial charge in [-0.1, -0.05) is 11.6 Å². The Kier molecular flexibility index (Phi) is 8.15. The van der Waals surface area contributed by atoms with E-state index in [2.05, 4.69) is 31.3 Å². The summed E-state index contributed by atoms with van der Waals surface area (Å²) < 4.78 is 53.5. The van der Waals surface area contributed by atoms with E-state index in [9.17, 15) is 27.6 Å². The average molecular weight is 691 g/mol. The first kappa shape index (κ1) is 31.1. The first-order chi connectivity index (χ1) is 20.0. The Hall–Kier alpha value is -3.37. The molecule has 43 heavy (non-hydrogen) atoms. The van der Waals surface area contributed by atoms with E-state index in [0.29, 0.717) is 5.69 Å². The van der Waals surface area contributed by atoms with E-state index in [1.54, 1.807) is 42.1 Å². The van der Waals surface area contributed by atoms with Crippen molar-refractivity contribution in [2.45, 2.75) is 51.6 Å². The van der Waals surface area contributed by atoms with Gasteiger partial charge in [0.05, 0.1) is 34.7 Å². The Labute approximate surface area is 256 Å². The minimum Gasteiger partial charge on any atom is -0.444 e. The summed E-state index contributed by atoms with van der Waals surface area (Å²) in [5.74, 6) is -0.586. The van der Waals surface area contributed by atoms with Crippen molar-refractivity contribution < 1.29 is 32.2 Å². The van der Waals surface area contributed by atoms with E-state index in [4.69, 9.17) is 21.1 Å². The molecule has 1 N–H and O–H groups in total. The summed E-state index contributed by atoms with van der Waals surface area (Å²) >= 11 is 9.29. The monoisotopic (exact) mass is 689 g/mol. The number of nitrogens with one attached hydrogen (secondary N) is 1. The summed E-state index contributed by atoms with van der Waals surface area (Å²) in [6.07, 6.45) is -5.71. The molecule has 0 spiro atoms. The van der Waals surface area contributed by atoms with Crippen molar-refractivity contribution in [3.8, 4) is 0 Å².